The highest BCUT2D eigenvalue weighted by Crippen LogP contribution is 2.15. The SMILES string of the molecule is CCOC(C)OCC.Cc1cc(C)c(CC=O)c(C)c1. The Kier molecular flexibility index (Phi) is 9.95. The molecule has 0 unspecified atom stereocenters. The third kappa shape index (κ3) is 7.41. The average molecular weight is 280 g/mol. The number of hydrogen-bond donors (Lipinski definition) is 0. The molecule has 20 heavy (non-hydrogen) atoms. The fraction of sp³-hybridized carbons (Fsp3) is 0.588. The summed E-state index contributed by atoms with van der Waals surface area (Å²) in [6, 6.07) is 4.23. The van der Waals surface area contributed by atoms with Crippen molar-refractivity contribution in [2.45, 2.75) is 54.3 Å². The van der Waals surface area contributed by atoms with Crippen LogP contribution in [0.2, 0.25) is 0 Å². The number of aryl methyl sites for hydroxylation is 3. The molecule has 0 aliphatic carbocycles. The van der Waals surface area contributed by atoms with Gasteiger partial charge in [-0.1, -0.05) is 17.7 Å². The van der Waals surface area contributed by atoms with Gasteiger partial charge >= 0.3 is 0 Å². The van der Waals surface area contributed by atoms with E-state index in [-0.39, 0.29) is 6.29 Å². The number of carbonyl (C=O) groups is 1. The van der Waals surface area contributed by atoms with Crippen LogP contribution in [-0.2, 0) is 20.7 Å². The zero-order valence-electron chi connectivity index (χ0n) is 13.7. The fourth-order valence-corrected chi connectivity index (χ4v) is 2.13. The Morgan fingerprint density at radius 3 is 1.85 bits per heavy atom. The molecule has 0 N–H and O–H groups in total. The minimum atomic E-state index is -0.0370. The summed E-state index contributed by atoms with van der Waals surface area (Å²) in [5.74, 6) is 0. The molecular weight excluding hydrogens is 252 g/mol. The predicted molar refractivity (Wildman–Crippen MR) is 83.1 cm³/mol. The summed E-state index contributed by atoms with van der Waals surface area (Å²) in [6.07, 6.45) is 1.47. The minimum absolute atomic E-state index is 0.0370. The summed E-state index contributed by atoms with van der Waals surface area (Å²) in [6.45, 7) is 13.4. The molecular formula is C17H28O3. The van der Waals surface area contributed by atoms with Gasteiger partial charge in [0.15, 0.2) is 6.29 Å². The van der Waals surface area contributed by atoms with Crippen molar-refractivity contribution < 1.29 is 14.3 Å². The van der Waals surface area contributed by atoms with E-state index in [1.54, 1.807) is 0 Å². The van der Waals surface area contributed by atoms with Crippen molar-refractivity contribution in [2.75, 3.05) is 13.2 Å². The van der Waals surface area contributed by atoms with E-state index in [2.05, 4.69) is 32.9 Å². The van der Waals surface area contributed by atoms with Crippen LogP contribution >= 0.6 is 0 Å². The van der Waals surface area contributed by atoms with Crippen molar-refractivity contribution >= 4 is 6.29 Å². The predicted octanol–water partition coefficient (Wildman–Crippen LogP) is 3.76. The first-order chi connectivity index (χ1) is 9.46. The molecule has 3 heteroatoms. The first-order valence-electron chi connectivity index (χ1n) is 7.19. The van der Waals surface area contributed by atoms with Crippen molar-refractivity contribution in [2.24, 2.45) is 0 Å². The summed E-state index contributed by atoms with van der Waals surface area (Å²) in [5.41, 5.74) is 4.88. The molecule has 1 aromatic rings. The molecule has 0 radical (unpaired) electrons. The van der Waals surface area contributed by atoms with Gasteiger partial charge in [0.05, 0.1) is 0 Å². The van der Waals surface area contributed by atoms with Crippen LogP contribution in [0.1, 0.15) is 43.0 Å². The van der Waals surface area contributed by atoms with Gasteiger partial charge in [0.2, 0.25) is 0 Å². The molecule has 0 fully saturated rings. The maximum Gasteiger partial charge on any atom is 0.154 e. The van der Waals surface area contributed by atoms with Gasteiger partial charge in [0.25, 0.3) is 0 Å². The number of benzene rings is 1. The molecule has 0 spiro atoms. The zero-order chi connectivity index (χ0) is 15.5. The molecule has 0 heterocycles. The second kappa shape index (κ2) is 10.6. The smallest absolute Gasteiger partial charge is 0.154 e. The van der Waals surface area contributed by atoms with Gasteiger partial charge in [-0.2, -0.15) is 0 Å². The molecule has 0 aliphatic rings. The fourth-order valence-electron chi connectivity index (χ4n) is 2.13. The molecule has 114 valence electrons. The summed E-state index contributed by atoms with van der Waals surface area (Å²) in [5, 5.41) is 0. The van der Waals surface area contributed by atoms with Gasteiger partial charge in [-0.15, -0.1) is 0 Å². The Morgan fingerprint density at radius 2 is 1.50 bits per heavy atom. The first kappa shape index (κ1) is 18.8. The maximum absolute atomic E-state index is 10.4. The van der Waals surface area contributed by atoms with Gasteiger partial charge in [0, 0.05) is 19.6 Å². The molecule has 0 atom stereocenters. The third-order valence-corrected chi connectivity index (χ3v) is 2.93. The Hall–Kier alpha value is -1.19. The Labute approximate surface area is 123 Å². The second-order valence-corrected chi connectivity index (χ2v) is 4.73. The third-order valence-electron chi connectivity index (χ3n) is 2.93. The van der Waals surface area contributed by atoms with E-state index in [1.807, 2.05) is 20.8 Å². The van der Waals surface area contributed by atoms with E-state index in [4.69, 9.17) is 9.47 Å². The van der Waals surface area contributed by atoms with E-state index in [0.29, 0.717) is 6.42 Å². The minimum Gasteiger partial charge on any atom is -0.353 e. The molecule has 0 bridgehead atoms. The van der Waals surface area contributed by atoms with Crippen molar-refractivity contribution in [3.63, 3.8) is 0 Å². The normalized spacial score (nSPS) is 10.2. The Bertz CT molecular complexity index is 370. The quantitative estimate of drug-likeness (QED) is 0.588. The van der Waals surface area contributed by atoms with Crippen LogP contribution in [0.4, 0.5) is 0 Å². The zero-order valence-corrected chi connectivity index (χ0v) is 13.7. The number of aldehydes is 1. The van der Waals surface area contributed by atoms with Crippen molar-refractivity contribution in [1.82, 2.24) is 0 Å². The topological polar surface area (TPSA) is 35.5 Å². The molecule has 0 saturated carbocycles. The lowest BCUT2D eigenvalue weighted by atomic mass is 9.98. The molecule has 3 nitrogen and oxygen atoms in total. The Balaban J connectivity index is 0.000000396. The summed E-state index contributed by atoms with van der Waals surface area (Å²) in [7, 11) is 0. The molecule has 0 aromatic heterocycles. The second-order valence-electron chi connectivity index (χ2n) is 4.73. The Morgan fingerprint density at radius 1 is 1.05 bits per heavy atom. The average Bonchev–Trinajstić information content (AvgIpc) is 2.35. The molecule has 0 saturated heterocycles. The van der Waals surface area contributed by atoms with E-state index >= 15 is 0 Å². The first-order valence-corrected chi connectivity index (χ1v) is 7.19. The molecule has 1 rings (SSSR count). The van der Waals surface area contributed by atoms with Crippen molar-refractivity contribution in [3.05, 3.63) is 34.4 Å². The highest BCUT2D eigenvalue weighted by atomic mass is 16.7. The van der Waals surface area contributed by atoms with E-state index in [1.165, 1.54) is 22.3 Å². The van der Waals surface area contributed by atoms with Crippen LogP contribution in [-0.4, -0.2) is 25.8 Å². The van der Waals surface area contributed by atoms with Gasteiger partial charge in [0.1, 0.15) is 6.29 Å². The molecule has 0 amide bonds. The molecule has 1 aromatic carbocycles. The van der Waals surface area contributed by atoms with Gasteiger partial charge in [-0.25, -0.2) is 0 Å². The van der Waals surface area contributed by atoms with Crippen LogP contribution in [0.15, 0.2) is 12.1 Å². The van der Waals surface area contributed by atoms with E-state index in [0.717, 1.165) is 19.5 Å². The van der Waals surface area contributed by atoms with Crippen LogP contribution in [0.25, 0.3) is 0 Å². The summed E-state index contributed by atoms with van der Waals surface area (Å²) in [4.78, 5) is 10.4. The van der Waals surface area contributed by atoms with Gasteiger partial charge < -0.3 is 14.3 Å². The van der Waals surface area contributed by atoms with Crippen LogP contribution in [0.5, 0.6) is 0 Å². The highest BCUT2D eigenvalue weighted by Gasteiger charge is 2.01. The van der Waals surface area contributed by atoms with E-state index < -0.39 is 0 Å². The lowest BCUT2D eigenvalue weighted by Crippen LogP contribution is -2.11. The lowest BCUT2D eigenvalue weighted by Gasteiger charge is -2.09. The van der Waals surface area contributed by atoms with Crippen molar-refractivity contribution in [1.29, 1.82) is 0 Å². The van der Waals surface area contributed by atoms with Crippen LogP contribution < -0.4 is 0 Å². The van der Waals surface area contributed by atoms with E-state index in [9.17, 15) is 4.79 Å². The number of hydrogen-bond acceptors (Lipinski definition) is 3. The standard InChI is InChI=1S/C11H14O.C6H14O2/c1-8-6-9(2)11(4-5-12)10(3)7-8;1-4-7-6(3)8-5-2/h5-7H,4H2,1-3H3;6H,4-5H2,1-3H3. The molecule has 0 aliphatic heterocycles. The van der Waals surface area contributed by atoms with Gasteiger partial charge in [-0.3, -0.25) is 0 Å². The van der Waals surface area contributed by atoms with Crippen LogP contribution in [0, 0.1) is 20.8 Å². The largest absolute Gasteiger partial charge is 0.353 e. The summed E-state index contributed by atoms with van der Waals surface area (Å²) >= 11 is 0. The van der Waals surface area contributed by atoms with Gasteiger partial charge in [-0.05, 0) is 58.2 Å². The maximum atomic E-state index is 10.4. The lowest BCUT2D eigenvalue weighted by molar-refractivity contribution is -0.123. The van der Waals surface area contributed by atoms with Crippen LogP contribution in [0.3, 0.4) is 0 Å². The highest BCUT2D eigenvalue weighted by molar-refractivity contribution is 5.58. The number of rotatable bonds is 6. The number of carbonyl (C=O) groups excluding carboxylic acids is 1. The number of ether oxygens (including phenoxy) is 2. The van der Waals surface area contributed by atoms with Crippen molar-refractivity contribution in [3.8, 4) is 0 Å². The summed E-state index contributed by atoms with van der Waals surface area (Å²) < 4.78 is 10.1. The monoisotopic (exact) mass is 280 g/mol.